The van der Waals surface area contributed by atoms with Crippen molar-refractivity contribution in [1.82, 2.24) is 10.0 Å². The van der Waals surface area contributed by atoms with Crippen molar-refractivity contribution in [2.75, 3.05) is 26.7 Å². The van der Waals surface area contributed by atoms with Crippen molar-refractivity contribution in [2.24, 2.45) is 5.73 Å². The van der Waals surface area contributed by atoms with Crippen LogP contribution in [0.4, 0.5) is 0 Å². The molecule has 1 amide bonds. The van der Waals surface area contributed by atoms with Crippen LogP contribution >= 0.6 is 0 Å². The van der Waals surface area contributed by atoms with E-state index < -0.39 is 0 Å². The number of hydrogen-bond acceptors (Lipinski definition) is 3. The van der Waals surface area contributed by atoms with E-state index in [1.165, 1.54) is 0 Å². The van der Waals surface area contributed by atoms with Gasteiger partial charge >= 0.3 is 0 Å². The molecule has 1 aliphatic heterocycles. The molecule has 1 heterocycles. The van der Waals surface area contributed by atoms with Gasteiger partial charge in [0.25, 0.3) is 0 Å². The second-order valence-corrected chi connectivity index (χ2v) is 2.79. The predicted molar refractivity (Wildman–Crippen MR) is 42.6 cm³/mol. The van der Waals surface area contributed by atoms with E-state index in [-0.39, 0.29) is 5.91 Å². The standard InChI is InChI=1S/C7H15N3O/c1-9-6-3-7(11)10(9)5-2-4-8/h2-6,8H2,1H3. The zero-order valence-electron chi connectivity index (χ0n) is 6.92. The van der Waals surface area contributed by atoms with Crippen molar-refractivity contribution in [2.45, 2.75) is 12.8 Å². The Morgan fingerprint density at radius 2 is 2.36 bits per heavy atom. The van der Waals surface area contributed by atoms with Gasteiger partial charge in [-0.05, 0) is 13.0 Å². The molecule has 0 saturated carbocycles. The quantitative estimate of drug-likeness (QED) is 0.596. The van der Waals surface area contributed by atoms with Crippen LogP contribution in [0.1, 0.15) is 12.8 Å². The molecule has 1 rings (SSSR count). The molecule has 1 fully saturated rings. The third kappa shape index (κ3) is 1.91. The highest BCUT2D eigenvalue weighted by molar-refractivity contribution is 5.77. The van der Waals surface area contributed by atoms with Gasteiger partial charge in [-0.25, -0.2) is 5.01 Å². The topological polar surface area (TPSA) is 49.6 Å². The predicted octanol–water partition coefficient (Wildman–Crippen LogP) is -0.586. The Bertz CT molecular complexity index is 149. The third-order valence-corrected chi connectivity index (χ3v) is 1.92. The van der Waals surface area contributed by atoms with E-state index in [0.29, 0.717) is 13.0 Å². The maximum Gasteiger partial charge on any atom is 0.238 e. The summed E-state index contributed by atoms with van der Waals surface area (Å²) in [5.74, 6) is 0.223. The van der Waals surface area contributed by atoms with Gasteiger partial charge in [0.2, 0.25) is 5.91 Å². The molecule has 4 nitrogen and oxygen atoms in total. The Kier molecular flexibility index (Phi) is 2.84. The van der Waals surface area contributed by atoms with Crippen LogP contribution < -0.4 is 5.73 Å². The number of nitrogens with two attached hydrogens (primary N) is 1. The lowest BCUT2D eigenvalue weighted by Gasteiger charge is -2.23. The van der Waals surface area contributed by atoms with Crippen LogP contribution in [-0.4, -0.2) is 42.6 Å². The zero-order chi connectivity index (χ0) is 8.27. The summed E-state index contributed by atoms with van der Waals surface area (Å²) >= 11 is 0. The molecule has 0 bridgehead atoms. The number of hydrazine groups is 1. The van der Waals surface area contributed by atoms with Crippen LogP contribution in [0.25, 0.3) is 0 Å². The second kappa shape index (κ2) is 3.69. The van der Waals surface area contributed by atoms with Crippen LogP contribution in [0.15, 0.2) is 0 Å². The fourth-order valence-electron chi connectivity index (χ4n) is 1.23. The van der Waals surface area contributed by atoms with Gasteiger partial charge in [-0.15, -0.1) is 0 Å². The van der Waals surface area contributed by atoms with Crippen LogP contribution in [0.5, 0.6) is 0 Å². The molecule has 0 aromatic carbocycles. The van der Waals surface area contributed by atoms with Gasteiger partial charge in [0, 0.05) is 26.6 Å². The first-order chi connectivity index (χ1) is 5.25. The highest BCUT2D eigenvalue weighted by atomic mass is 16.2. The van der Waals surface area contributed by atoms with Gasteiger partial charge in [0.05, 0.1) is 0 Å². The highest BCUT2D eigenvalue weighted by Gasteiger charge is 2.24. The van der Waals surface area contributed by atoms with Gasteiger partial charge in [0.1, 0.15) is 0 Å². The smallest absolute Gasteiger partial charge is 0.238 e. The highest BCUT2D eigenvalue weighted by Crippen LogP contribution is 2.08. The average molecular weight is 157 g/mol. The lowest BCUT2D eigenvalue weighted by molar-refractivity contribution is -0.136. The first-order valence-corrected chi connectivity index (χ1v) is 3.97. The fourth-order valence-corrected chi connectivity index (χ4v) is 1.23. The molecule has 64 valence electrons. The Labute approximate surface area is 66.9 Å². The van der Waals surface area contributed by atoms with E-state index in [1.807, 2.05) is 12.1 Å². The first kappa shape index (κ1) is 8.49. The minimum atomic E-state index is 0.223. The molecule has 0 aliphatic carbocycles. The second-order valence-electron chi connectivity index (χ2n) is 2.79. The fraction of sp³-hybridized carbons (Fsp3) is 0.857. The van der Waals surface area contributed by atoms with Crippen molar-refractivity contribution in [1.29, 1.82) is 0 Å². The number of carbonyl (C=O) groups is 1. The Morgan fingerprint density at radius 1 is 1.64 bits per heavy atom. The summed E-state index contributed by atoms with van der Waals surface area (Å²) < 4.78 is 0. The minimum Gasteiger partial charge on any atom is -0.330 e. The van der Waals surface area contributed by atoms with E-state index >= 15 is 0 Å². The van der Waals surface area contributed by atoms with Crippen molar-refractivity contribution < 1.29 is 4.79 Å². The first-order valence-electron chi connectivity index (χ1n) is 3.97. The SMILES string of the molecule is CN1CCC(=O)N1CCCN. The van der Waals surface area contributed by atoms with E-state index in [2.05, 4.69) is 0 Å². The number of carbonyl (C=O) groups excluding carboxylic acids is 1. The maximum atomic E-state index is 11.1. The normalized spacial score (nSPS) is 19.8. The van der Waals surface area contributed by atoms with E-state index in [1.54, 1.807) is 5.01 Å². The number of rotatable bonds is 3. The number of hydrogen-bond donors (Lipinski definition) is 1. The summed E-state index contributed by atoms with van der Waals surface area (Å²) in [6, 6.07) is 0. The van der Waals surface area contributed by atoms with Gasteiger partial charge in [0.15, 0.2) is 0 Å². The molecule has 0 aromatic rings. The zero-order valence-corrected chi connectivity index (χ0v) is 6.92. The Morgan fingerprint density at radius 3 is 2.82 bits per heavy atom. The molecule has 11 heavy (non-hydrogen) atoms. The van der Waals surface area contributed by atoms with Gasteiger partial charge in [-0.1, -0.05) is 0 Å². The summed E-state index contributed by atoms with van der Waals surface area (Å²) in [7, 11) is 1.93. The van der Waals surface area contributed by atoms with Gasteiger partial charge < -0.3 is 5.73 Å². The average Bonchev–Trinajstić information content (AvgIpc) is 2.29. The van der Waals surface area contributed by atoms with Gasteiger partial charge in [-0.3, -0.25) is 9.80 Å². The molecular formula is C7H15N3O. The molecule has 0 unspecified atom stereocenters. The lowest BCUT2D eigenvalue weighted by Crippen LogP contribution is -2.37. The summed E-state index contributed by atoms with van der Waals surface area (Å²) in [4.78, 5) is 11.1. The van der Waals surface area contributed by atoms with Crippen LogP contribution in [0, 0.1) is 0 Å². The van der Waals surface area contributed by atoms with Gasteiger partial charge in [-0.2, -0.15) is 0 Å². The summed E-state index contributed by atoms with van der Waals surface area (Å²) in [5, 5.41) is 3.73. The Balaban J connectivity index is 2.35. The monoisotopic (exact) mass is 157 g/mol. The molecule has 0 atom stereocenters. The number of nitrogens with zero attached hydrogens (tertiary/aromatic N) is 2. The van der Waals surface area contributed by atoms with Crippen molar-refractivity contribution in [3.05, 3.63) is 0 Å². The van der Waals surface area contributed by atoms with Crippen LogP contribution in [0.3, 0.4) is 0 Å². The summed E-state index contributed by atoms with van der Waals surface area (Å²) in [6.45, 7) is 2.27. The molecule has 0 radical (unpaired) electrons. The molecule has 0 spiro atoms. The van der Waals surface area contributed by atoms with E-state index in [0.717, 1.165) is 19.5 Å². The maximum absolute atomic E-state index is 11.1. The molecule has 0 aromatic heterocycles. The molecule has 4 heteroatoms. The Hall–Kier alpha value is -0.610. The molecular weight excluding hydrogens is 142 g/mol. The van der Waals surface area contributed by atoms with Crippen LogP contribution in [0.2, 0.25) is 0 Å². The van der Waals surface area contributed by atoms with Crippen molar-refractivity contribution >= 4 is 5.91 Å². The van der Waals surface area contributed by atoms with E-state index in [4.69, 9.17) is 5.73 Å². The number of amides is 1. The van der Waals surface area contributed by atoms with E-state index in [9.17, 15) is 4.79 Å². The largest absolute Gasteiger partial charge is 0.330 e. The summed E-state index contributed by atoms with van der Waals surface area (Å²) in [6.07, 6.45) is 1.54. The summed E-state index contributed by atoms with van der Waals surface area (Å²) in [5.41, 5.74) is 5.34. The lowest BCUT2D eigenvalue weighted by atomic mass is 10.4. The van der Waals surface area contributed by atoms with Crippen LogP contribution in [-0.2, 0) is 4.79 Å². The van der Waals surface area contributed by atoms with Crippen molar-refractivity contribution in [3.8, 4) is 0 Å². The molecule has 1 aliphatic rings. The molecule has 2 N–H and O–H groups in total. The minimum absolute atomic E-state index is 0.223. The molecule has 1 saturated heterocycles. The van der Waals surface area contributed by atoms with Crippen molar-refractivity contribution in [3.63, 3.8) is 0 Å². The third-order valence-electron chi connectivity index (χ3n) is 1.92.